The van der Waals surface area contributed by atoms with Crippen molar-refractivity contribution in [3.8, 4) is 11.5 Å². The van der Waals surface area contributed by atoms with Gasteiger partial charge in [0.25, 0.3) is 11.8 Å². The molecule has 0 saturated carbocycles. The van der Waals surface area contributed by atoms with E-state index in [0.29, 0.717) is 16.3 Å². The van der Waals surface area contributed by atoms with Gasteiger partial charge in [-0.25, -0.2) is 5.01 Å². The average Bonchev–Trinajstić information content (AvgIpc) is 2.87. The number of phenols is 1. The topological polar surface area (TPSA) is 78.9 Å². The van der Waals surface area contributed by atoms with E-state index in [1.54, 1.807) is 24.3 Å². The molecule has 0 bridgehead atoms. The van der Waals surface area contributed by atoms with Gasteiger partial charge in [0.2, 0.25) is 0 Å². The molecule has 0 atom stereocenters. The molecule has 1 heterocycles. The number of benzene rings is 2. The van der Waals surface area contributed by atoms with Crippen molar-refractivity contribution in [1.29, 1.82) is 0 Å². The number of nitrogens with one attached hydrogen (secondary N) is 1. The largest absolute Gasteiger partial charge is 0.504 e. The van der Waals surface area contributed by atoms with Gasteiger partial charge in [0.05, 0.1) is 12.8 Å². The second kappa shape index (κ2) is 6.49. The summed E-state index contributed by atoms with van der Waals surface area (Å²) < 4.78 is 5.03. The monoisotopic (exact) mass is 358 g/mol. The van der Waals surface area contributed by atoms with Crippen molar-refractivity contribution in [2.45, 2.75) is 6.92 Å². The van der Waals surface area contributed by atoms with Crippen molar-refractivity contribution in [2.24, 2.45) is 0 Å². The third-order valence-electron chi connectivity index (χ3n) is 3.82. The number of carbonyl (C=O) groups excluding carboxylic acids is 2. The molecule has 7 heteroatoms. The van der Waals surface area contributed by atoms with Gasteiger partial charge < -0.3 is 9.84 Å². The third kappa shape index (κ3) is 3.16. The zero-order valence-electron chi connectivity index (χ0n) is 13.5. The van der Waals surface area contributed by atoms with E-state index in [1.807, 2.05) is 6.92 Å². The van der Waals surface area contributed by atoms with Crippen LogP contribution in [0.1, 0.15) is 11.1 Å². The second-order valence-corrected chi connectivity index (χ2v) is 5.91. The Morgan fingerprint density at radius 2 is 1.96 bits per heavy atom. The van der Waals surface area contributed by atoms with Crippen molar-refractivity contribution in [3.63, 3.8) is 0 Å². The summed E-state index contributed by atoms with van der Waals surface area (Å²) in [7, 11) is 1.42. The Labute approximate surface area is 149 Å². The minimum atomic E-state index is -0.520. The first-order valence-corrected chi connectivity index (χ1v) is 7.79. The Morgan fingerprint density at radius 3 is 2.64 bits per heavy atom. The van der Waals surface area contributed by atoms with Crippen LogP contribution in [-0.4, -0.2) is 24.0 Å². The van der Waals surface area contributed by atoms with Crippen LogP contribution in [0.25, 0.3) is 6.08 Å². The smallest absolute Gasteiger partial charge is 0.282 e. The number of aromatic hydroxyl groups is 1. The predicted octanol–water partition coefficient (Wildman–Crippen LogP) is 2.82. The zero-order chi connectivity index (χ0) is 18.1. The van der Waals surface area contributed by atoms with Gasteiger partial charge in [-0.1, -0.05) is 23.7 Å². The van der Waals surface area contributed by atoms with Crippen molar-refractivity contribution in [2.75, 3.05) is 12.1 Å². The number of hydrogen-bond acceptors (Lipinski definition) is 4. The fraction of sp³-hybridized carbons (Fsp3) is 0.111. The van der Waals surface area contributed by atoms with Gasteiger partial charge >= 0.3 is 0 Å². The molecule has 2 aromatic carbocycles. The molecule has 1 aliphatic heterocycles. The lowest BCUT2D eigenvalue weighted by atomic mass is 10.1. The number of methoxy groups -OCH3 is 1. The lowest BCUT2D eigenvalue weighted by molar-refractivity contribution is -0.117. The summed E-state index contributed by atoms with van der Waals surface area (Å²) in [5.41, 5.74) is 4.39. The van der Waals surface area contributed by atoms with Crippen LogP contribution in [0.4, 0.5) is 5.69 Å². The van der Waals surface area contributed by atoms with E-state index in [1.165, 1.54) is 25.3 Å². The Kier molecular flexibility index (Phi) is 4.37. The van der Waals surface area contributed by atoms with E-state index in [4.69, 9.17) is 16.3 Å². The summed E-state index contributed by atoms with van der Waals surface area (Å²) in [6, 6.07) is 9.63. The number of rotatable bonds is 3. The van der Waals surface area contributed by atoms with Crippen LogP contribution in [0, 0.1) is 6.92 Å². The third-order valence-corrected chi connectivity index (χ3v) is 4.23. The summed E-state index contributed by atoms with van der Waals surface area (Å²) in [6.45, 7) is 1.85. The highest BCUT2D eigenvalue weighted by atomic mass is 35.5. The molecule has 0 aromatic heterocycles. The molecule has 3 rings (SSSR count). The maximum absolute atomic E-state index is 12.6. The molecule has 25 heavy (non-hydrogen) atoms. The minimum absolute atomic E-state index is 0.0237. The summed E-state index contributed by atoms with van der Waals surface area (Å²) >= 11 is 6.09. The Hall–Kier alpha value is -2.99. The Morgan fingerprint density at radius 1 is 1.20 bits per heavy atom. The number of aryl methyl sites for hydroxylation is 1. The van der Waals surface area contributed by atoms with Gasteiger partial charge in [0, 0.05) is 5.02 Å². The molecule has 128 valence electrons. The normalized spacial score (nSPS) is 15.6. The number of hydrazine groups is 1. The van der Waals surface area contributed by atoms with Crippen LogP contribution in [0.15, 0.2) is 42.0 Å². The highest BCUT2D eigenvalue weighted by Gasteiger charge is 2.34. The molecule has 0 aliphatic carbocycles. The molecule has 0 unspecified atom stereocenters. The highest BCUT2D eigenvalue weighted by molar-refractivity contribution is 6.33. The van der Waals surface area contributed by atoms with Crippen LogP contribution in [0.2, 0.25) is 5.02 Å². The van der Waals surface area contributed by atoms with E-state index >= 15 is 0 Å². The number of ether oxygens (including phenoxy) is 1. The molecule has 2 N–H and O–H groups in total. The standard InChI is InChI=1S/C18H15ClN2O4/c1-10-3-5-12(9-14(10)19)21-18(24)13(17(23)20-21)7-11-4-6-15(22)16(8-11)25-2/h3-9,22H,1-2H3,(H,20,23)/b13-7-. The number of phenolic OH excluding ortho intramolecular Hbond substituents is 1. The summed E-state index contributed by atoms with van der Waals surface area (Å²) in [5, 5.41) is 11.3. The number of hydrogen-bond donors (Lipinski definition) is 2. The molecule has 2 aromatic rings. The fourth-order valence-corrected chi connectivity index (χ4v) is 2.59. The molecule has 0 spiro atoms. The quantitative estimate of drug-likeness (QED) is 0.653. The van der Waals surface area contributed by atoms with E-state index in [9.17, 15) is 14.7 Å². The number of halogens is 1. The Balaban J connectivity index is 1.94. The number of nitrogens with zero attached hydrogens (tertiary/aromatic N) is 1. The first kappa shape index (κ1) is 16.9. The minimum Gasteiger partial charge on any atom is -0.504 e. The van der Waals surface area contributed by atoms with Crippen molar-refractivity contribution < 1.29 is 19.4 Å². The van der Waals surface area contributed by atoms with Gasteiger partial charge in [-0.2, -0.15) is 0 Å². The molecule has 0 radical (unpaired) electrons. The van der Waals surface area contributed by atoms with Gasteiger partial charge in [-0.15, -0.1) is 0 Å². The Bertz CT molecular complexity index is 908. The first-order chi connectivity index (χ1) is 11.9. The van der Waals surface area contributed by atoms with Gasteiger partial charge in [0.15, 0.2) is 11.5 Å². The van der Waals surface area contributed by atoms with Crippen molar-refractivity contribution >= 4 is 35.2 Å². The van der Waals surface area contributed by atoms with Crippen molar-refractivity contribution in [3.05, 3.63) is 58.1 Å². The van der Waals surface area contributed by atoms with E-state index < -0.39 is 11.8 Å². The van der Waals surface area contributed by atoms with Gasteiger partial charge in [0.1, 0.15) is 5.57 Å². The molecule has 1 aliphatic rings. The van der Waals surface area contributed by atoms with Crippen LogP contribution in [0.5, 0.6) is 11.5 Å². The molecular weight excluding hydrogens is 344 g/mol. The van der Waals surface area contributed by atoms with Gasteiger partial charge in [-0.3, -0.25) is 15.0 Å². The molecule has 2 amide bonds. The molecular formula is C18H15ClN2O4. The second-order valence-electron chi connectivity index (χ2n) is 5.50. The fourth-order valence-electron chi connectivity index (χ4n) is 2.41. The molecule has 1 fully saturated rings. The lowest BCUT2D eigenvalue weighted by Crippen LogP contribution is -2.35. The summed E-state index contributed by atoms with van der Waals surface area (Å²) in [4.78, 5) is 24.8. The van der Waals surface area contributed by atoms with Crippen LogP contribution < -0.4 is 15.2 Å². The molecule has 1 saturated heterocycles. The number of anilines is 1. The predicted molar refractivity (Wildman–Crippen MR) is 94.5 cm³/mol. The lowest BCUT2D eigenvalue weighted by Gasteiger charge is -2.15. The molecule has 6 nitrogen and oxygen atoms in total. The SMILES string of the molecule is COc1cc(/C=C2/C(=O)NN(c3ccc(C)c(Cl)c3)C2=O)ccc1O. The number of amides is 2. The van der Waals surface area contributed by atoms with Crippen LogP contribution >= 0.6 is 11.6 Å². The summed E-state index contributed by atoms with van der Waals surface area (Å²) in [6.07, 6.45) is 1.44. The highest BCUT2D eigenvalue weighted by Crippen LogP contribution is 2.29. The van der Waals surface area contributed by atoms with E-state index in [2.05, 4.69) is 5.43 Å². The van der Waals surface area contributed by atoms with Gasteiger partial charge in [-0.05, 0) is 48.4 Å². The van der Waals surface area contributed by atoms with Crippen LogP contribution in [0.3, 0.4) is 0 Å². The van der Waals surface area contributed by atoms with E-state index in [-0.39, 0.29) is 17.1 Å². The summed E-state index contributed by atoms with van der Waals surface area (Å²) in [5.74, 6) is -0.782. The number of carbonyl (C=O) groups is 2. The first-order valence-electron chi connectivity index (χ1n) is 7.41. The average molecular weight is 359 g/mol. The van der Waals surface area contributed by atoms with Crippen molar-refractivity contribution in [1.82, 2.24) is 5.43 Å². The van der Waals surface area contributed by atoms with E-state index in [0.717, 1.165) is 10.6 Å². The maximum Gasteiger partial charge on any atom is 0.282 e. The zero-order valence-corrected chi connectivity index (χ0v) is 14.3. The van der Waals surface area contributed by atoms with Crippen LogP contribution in [-0.2, 0) is 9.59 Å². The maximum atomic E-state index is 12.6.